The molecule has 1 atom stereocenters. The predicted molar refractivity (Wildman–Crippen MR) is 81.0 cm³/mol. The summed E-state index contributed by atoms with van der Waals surface area (Å²) in [6, 6.07) is 0.837. The van der Waals surface area contributed by atoms with Crippen LogP contribution in [0.3, 0.4) is 0 Å². The number of rotatable bonds is 6. The molecule has 1 aliphatic heterocycles. The molecule has 106 valence electrons. The third kappa shape index (κ3) is 3.91. The first kappa shape index (κ1) is 13.3. The maximum Gasteiger partial charge on any atom is 0.185 e. The summed E-state index contributed by atoms with van der Waals surface area (Å²) in [5, 5.41) is 6.88. The van der Waals surface area contributed by atoms with Gasteiger partial charge in [0, 0.05) is 50.3 Å². The van der Waals surface area contributed by atoms with Gasteiger partial charge in [-0.15, -0.1) is 11.3 Å². The summed E-state index contributed by atoms with van der Waals surface area (Å²) in [5.41, 5.74) is 0. The third-order valence-corrected chi connectivity index (χ3v) is 4.80. The molecule has 4 nitrogen and oxygen atoms in total. The Balaban J connectivity index is 1.37. The molecule has 5 heteroatoms. The highest BCUT2D eigenvalue weighted by molar-refractivity contribution is 7.13. The minimum atomic E-state index is 0.756. The lowest BCUT2D eigenvalue weighted by Gasteiger charge is -2.35. The lowest BCUT2D eigenvalue weighted by molar-refractivity contribution is 0.222. The van der Waals surface area contributed by atoms with Crippen LogP contribution in [0.5, 0.6) is 0 Å². The van der Waals surface area contributed by atoms with Crippen molar-refractivity contribution < 1.29 is 0 Å². The van der Waals surface area contributed by atoms with Crippen LogP contribution in [0.2, 0.25) is 0 Å². The first-order chi connectivity index (χ1) is 9.31. The standard InChI is InChI=1S/C14H24N4S/c1-12(10-16-13-2-3-13)11-17-5-7-18(8-6-17)14-15-4-9-19-14/h4,9,12-13,16H,2-3,5-8,10-11H2,1H3. The normalized spacial score (nSPS) is 22.7. The largest absolute Gasteiger partial charge is 0.346 e. The zero-order valence-electron chi connectivity index (χ0n) is 11.7. The van der Waals surface area contributed by atoms with E-state index >= 15 is 0 Å². The van der Waals surface area contributed by atoms with Gasteiger partial charge in [0.15, 0.2) is 5.13 Å². The average Bonchev–Trinajstić information content (AvgIpc) is 3.10. The maximum absolute atomic E-state index is 4.40. The first-order valence-electron chi connectivity index (χ1n) is 7.41. The quantitative estimate of drug-likeness (QED) is 0.858. The molecule has 1 N–H and O–H groups in total. The molecule has 0 radical (unpaired) electrons. The first-order valence-corrected chi connectivity index (χ1v) is 8.29. The molecule has 0 spiro atoms. The monoisotopic (exact) mass is 280 g/mol. The molecule has 3 rings (SSSR count). The van der Waals surface area contributed by atoms with E-state index in [1.54, 1.807) is 11.3 Å². The molecule has 1 saturated heterocycles. The zero-order valence-corrected chi connectivity index (χ0v) is 12.5. The second-order valence-corrected chi connectivity index (χ2v) is 6.76. The zero-order chi connectivity index (χ0) is 13.1. The van der Waals surface area contributed by atoms with Crippen molar-refractivity contribution in [3.63, 3.8) is 0 Å². The highest BCUT2D eigenvalue weighted by Gasteiger charge is 2.23. The molecule has 0 bridgehead atoms. The number of thiazole rings is 1. The molecule has 1 aliphatic carbocycles. The number of nitrogens with zero attached hydrogens (tertiary/aromatic N) is 3. The van der Waals surface area contributed by atoms with Gasteiger partial charge in [-0.3, -0.25) is 4.90 Å². The van der Waals surface area contributed by atoms with Crippen LogP contribution in [0.1, 0.15) is 19.8 Å². The van der Waals surface area contributed by atoms with E-state index in [0.717, 1.165) is 25.0 Å². The van der Waals surface area contributed by atoms with E-state index in [1.807, 2.05) is 6.20 Å². The topological polar surface area (TPSA) is 31.4 Å². The molecule has 19 heavy (non-hydrogen) atoms. The highest BCUT2D eigenvalue weighted by atomic mass is 32.1. The van der Waals surface area contributed by atoms with Crippen molar-refractivity contribution in [3.05, 3.63) is 11.6 Å². The van der Waals surface area contributed by atoms with Crippen molar-refractivity contribution in [3.8, 4) is 0 Å². The highest BCUT2D eigenvalue weighted by Crippen LogP contribution is 2.20. The van der Waals surface area contributed by atoms with Crippen molar-refractivity contribution >= 4 is 16.5 Å². The minimum absolute atomic E-state index is 0.756. The fraction of sp³-hybridized carbons (Fsp3) is 0.786. The van der Waals surface area contributed by atoms with Gasteiger partial charge in [0.05, 0.1) is 0 Å². The van der Waals surface area contributed by atoms with Gasteiger partial charge in [-0.2, -0.15) is 0 Å². The molecular weight excluding hydrogens is 256 g/mol. The van der Waals surface area contributed by atoms with E-state index in [9.17, 15) is 0 Å². The van der Waals surface area contributed by atoms with Crippen molar-refractivity contribution in [2.45, 2.75) is 25.8 Å². The van der Waals surface area contributed by atoms with E-state index in [2.05, 4.69) is 32.4 Å². The Morgan fingerprint density at radius 3 is 2.79 bits per heavy atom. The van der Waals surface area contributed by atoms with Gasteiger partial charge in [0.2, 0.25) is 0 Å². The summed E-state index contributed by atoms with van der Waals surface area (Å²) < 4.78 is 0. The summed E-state index contributed by atoms with van der Waals surface area (Å²) in [5.74, 6) is 0.756. The van der Waals surface area contributed by atoms with Gasteiger partial charge in [-0.25, -0.2) is 4.98 Å². The van der Waals surface area contributed by atoms with E-state index in [4.69, 9.17) is 0 Å². The van der Waals surface area contributed by atoms with Crippen LogP contribution < -0.4 is 10.2 Å². The van der Waals surface area contributed by atoms with Gasteiger partial charge in [-0.1, -0.05) is 6.92 Å². The summed E-state index contributed by atoms with van der Waals surface area (Å²) in [6.45, 7) is 9.36. The van der Waals surface area contributed by atoms with Crippen LogP contribution in [0.25, 0.3) is 0 Å². The summed E-state index contributed by atoms with van der Waals surface area (Å²) in [6.07, 6.45) is 4.68. The van der Waals surface area contributed by atoms with Gasteiger partial charge in [-0.05, 0) is 25.3 Å². The van der Waals surface area contributed by atoms with E-state index in [1.165, 1.54) is 44.2 Å². The molecule has 2 heterocycles. The molecule has 2 aliphatic rings. The number of piperazine rings is 1. The second kappa shape index (κ2) is 6.20. The van der Waals surface area contributed by atoms with Crippen LogP contribution in [0.4, 0.5) is 5.13 Å². The van der Waals surface area contributed by atoms with E-state index < -0.39 is 0 Å². The Kier molecular flexibility index (Phi) is 4.35. The van der Waals surface area contributed by atoms with Crippen molar-refractivity contribution in [1.82, 2.24) is 15.2 Å². The average molecular weight is 280 g/mol. The Labute approximate surface area is 119 Å². The van der Waals surface area contributed by atoms with Crippen molar-refractivity contribution in [2.75, 3.05) is 44.2 Å². The Morgan fingerprint density at radius 1 is 1.37 bits per heavy atom. The summed E-state index contributed by atoms with van der Waals surface area (Å²) >= 11 is 1.75. The minimum Gasteiger partial charge on any atom is -0.346 e. The van der Waals surface area contributed by atoms with Crippen LogP contribution in [-0.4, -0.2) is 55.2 Å². The van der Waals surface area contributed by atoms with Crippen molar-refractivity contribution in [1.29, 1.82) is 0 Å². The molecule has 1 aromatic rings. The predicted octanol–water partition coefficient (Wildman–Crippen LogP) is 1.65. The lowest BCUT2D eigenvalue weighted by Crippen LogP contribution is -2.48. The SMILES string of the molecule is CC(CNC1CC1)CN1CCN(c2nccs2)CC1. The molecule has 0 amide bonds. The lowest BCUT2D eigenvalue weighted by atomic mass is 10.1. The number of hydrogen-bond acceptors (Lipinski definition) is 5. The molecule has 2 fully saturated rings. The van der Waals surface area contributed by atoms with Crippen molar-refractivity contribution in [2.24, 2.45) is 5.92 Å². The van der Waals surface area contributed by atoms with Gasteiger partial charge < -0.3 is 10.2 Å². The number of hydrogen-bond donors (Lipinski definition) is 1. The van der Waals surface area contributed by atoms with E-state index in [-0.39, 0.29) is 0 Å². The van der Waals surface area contributed by atoms with Gasteiger partial charge in [0.1, 0.15) is 0 Å². The summed E-state index contributed by atoms with van der Waals surface area (Å²) in [7, 11) is 0. The number of nitrogens with one attached hydrogen (secondary N) is 1. The number of anilines is 1. The smallest absolute Gasteiger partial charge is 0.185 e. The number of aromatic nitrogens is 1. The third-order valence-electron chi connectivity index (χ3n) is 3.96. The van der Waals surface area contributed by atoms with Crippen LogP contribution in [-0.2, 0) is 0 Å². The molecule has 1 unspecified atom stereocenters. The van der Waals surface area contributed by atoms with Crippen LogP contribution in [0, 0.1) is 5.92 Å². The second-order valence-electron chi connectivity index (χ2n) is 5.89. The Hall–Kier alpha value is -0.650. The molecule has 1 saturated carbocycles. The fourth-order valence-electron chi connectivity index (χ4n) is 2.65. The fourth-order valence-corrected chi connectivity index (χ4v) is 3.35. The molecular formula is C14H24N4S. The maximum atomic E-state index is 4.40. The Morgan fingerprint density at radius 2 is 2.16 bits per heavy atom. The van der Waals surface area contributed by atoms with E-state index in [0.29, 0.717) is 0 Å². The Bertz CT molecular complexity index is 369. The van der Waals surface area contributed by atoms with Gasteiger partial charge >= 0.3 is 0 Å². The molecule has 1 aromatic heterocycles. The molecule has 0 aromatic carbocycles. The van der Waals surface area contributed by atoms with Crippen LogP contribution >= 0.6 is 11.3 Å². The summed E-state index contributed by atoms with van der Waals surface area (Å²) in [4.78, 5) is 9.41. The van der Waals surface area contributed by atoms with Crippen LogP contribution in [0.15, 0.2) is 11.6 Å². The van der Waals surface area contributed by atoms with Gasteiger partial charge in [0.25, 0.3) is 0 Å².